The molecule has 1 aliphatic heterocycles. The van der Waals surface area contributed by atoms with Crippen LogP contribution in [-0.4, -0.2) is 49.2 Å². The monoisotopic (exact) mass is 293 g/mol. The zero-order valence-electron chi connectivity index (χ0n) is 11.8. The molecule has 1 atom stereocenters. The summed E-state index contributed by atoms with van der Waals surface area (Å²) in [4.78, 5) is 29.7. The van der Waals surface area contributed by atoms with Gasteiger partial charge in [0.25, 0.3) is 5.91 Å². The Morgan fingerprint density at radius 2 is 2.24 bits per heavy atom. The normalized spacial score (nSPS) is 16.9. The Kier molecular flexibility index (Phi) is 4.52. The lowest BCUT2D eigenvalue weighted by atomic mass is 10.0. The quantitative estimate of drug-likeness (QED) is 0.880. The minimum Gasteiger partial charge on any atom is -0.382 e. The van der Waals surface area contributed by atoms with Crippen LogP contribution >= 0.6 is 0 Å². The zero-order valence-corrected chi connectivity index (χ0v) is 11.8. The molecule has 112 valence electrons. The lowest BCUT2D eigenvalue weighted by Crippen LogP contribution is -2.41. The molecule has 1 heterocycles. The van der Waals surface area contributed by atoms with Gasteiger partial charge in [-0.3, -0.25) is 9.59 Å². The predicted octanol–water partition coefficient (Wildman–Crippen LogP) is 0.523. The molecule has 0 saturated heterocycles. The zero-order chi connectivity index (χ0) is 15.4. The van der Waals surface area contributed by atoms with Crippen molar-refractivity contribution in [1.82, 2.24) is 10.2 Å². The van der Waals surface area contributed by atoms with Crippen LogP contribution in [-0.2, 0) is 14.4 Å². The van der Waals surface area contributed by atoms with Crippen LogP contribution in [0.5, 0.6) is 0 Å². The summed E-state index contributed by atoms with van der Waals surface area (Å²) >= 11 is 0. The molecule has 1 aromatic rings. The highest BCUT2D eigenvalue weighted by Crippen LogP contribution is 2.17. The van der Waals surface area contributed by atoms with Crippen molar-refractivity contribution in [2.24, 2.45) is 5.16 Å². The van der Waals surface area contributed by atoms with Crippen molar-refractivity contribution in [3.63, 3.8) is 0 Å². The number of nitrogens with zero attached hydrogens (tertiary/aromatic N) is 2. The van der Waals surface area contributed by atoms with Crippen LogP contribution in [0.4, 0.5) is 4.39 Å². The Morgan fingerprint density at radius 1 is 1.48 bits per heavy atom. The summed E-state index contributed by atoms with van der Waals surface area (Å²) in [7, 11) is 3.21. The Labute approximate surface area is 121 Å². The second-order valence-corrected chi connectivity index (χ2v) is 4.85. The molecule has 0 saturated carbocycles. The maximum Gasteiger partial charge on any atom is 0.264 e. The van der Waals surface area contributed by atoms with Gasteiger partial charge in [-0.15, -0.1) is 0 Å². The van der Waals surface area contributed by atoms with E-state index in [0.717, 1.165) is 0 Å². The van der Waals surface area contributed by atoms with E-state index in [1.54, 1.807) is 26.2 Å². The number of hydrogen-bond donors (Lipinski definition) is 1. The molecule has 1 aliphatic rings. The molecule has 2 rings (SSSR count). The summed E-state index contributed by atoms with van der Waals surface area (Å²) in [5.41, 5.74) is 1.09. The van der Waals surface area contributed by atoms with Crippen LogP contribution in [0.1, 0.15) is 12.0 Å². The standard InChI is InChI=1S/C14H16FN3O3/c1-18(2)13(19)8-16-14(20)12-7-11(17-21-12)9-4-3-5-10(15)6-9/h3-6,12H,7-8H2,1-2H3,(H,16,20). The number of carbonyl (C=O) groups excluding carboxylic acids is 2. The predicted molar refractivity (Wildman–Crippen MR) is 74.1 cm³/mol. The molecule has 7 heteroatoms. The first-order chi connectivity index (χ1) is 9.97. The summed E-state index contributed by atoms with van der Waals surface area (Å²) in [6.45, 7) is -0.0962. The average molecular weight is 293 g/mol. The maximum absolute atomic E-state index is 13.1. The van der Waals surface area contributed by atoms with Crippen LogP contribution in [0.3, 0.4) is 0 Å². The van der Waals surface area contributed by atoms with Crippen molar-refractivity contribution in [2.45, 2.75) is 12.5 Å². The van der Waals surface area contributed by atoms with Gasteiger partial charge >= 0.3 is 0 Å². The van der Waals surface area contributed by atoms with Crippen LogP contribution in [0.2, 0.25) is 0 Å². The van der Waals surface area contributed by atoms with Gasteiger partial charge in [0.05, 0.1) is 12.3 Å². The second-order valence-electron chi connectivity index (χ2n) is 4.85. The number of oxime groups is 1. The van der Waals surface area contributed by atoms with E-state index in [-0.39, 0.29) is 24.7 Å². The van der Waals surface area contributed by atoms with Gasteiger partial charge in [-0.25, -0.2) is 4.39 Å². The fourth-order valence-electron chi connectivity index (χ4n) is 1.79. The molecule has 21 heavy (non-hydrogen) atoms. The van der Waals surface area contributed by atoms with Gasteiger partial charge in [0.2, 0.25) is 12.0 Å². The Balaban J connectivity index is 1.89. The van der Waals surface area contributed by atoms with Gasteiger partial charge in [-0.05, 0) is 12.1 Å². The van der Waals surface area contributed by atoms with Crippen LogP contribution in [0.15, 0.2) is 29.4 Å². The Hall–Kier alpha value is -2.44. The topological polar surface area (TPSA) is 71.0 Å². The second kappa shape index (κ2) is 6.34. The summed E-state index contributed by atoms with van der Waals surface area (Å²) in [6.07, 6.45) is -0.552. The molecule has 6 nitrogen and oxygen atoms in total. The third-order valence-corrected chi connectivity index (χ3v) is 3.03. The smallest absolute Gasteiger partial charge is 0.264 e. The first-order valence-electron chi connectivity index (χ1n) is 6.44. The van der Waals surface area contributed by atoms with E-state index in [1.807, 2.05) is 0 Å². The molecule has 1 unspecified atom stereocenters. The molecule has 0 spiro atoms. The SMILES string of the molecule is CN(C)C(=O)CNC(=O)C1CC(c2cccc(F)c2)=NO1. The van der Waals surface area contributed by atoms with Gasteiger partial charge in [0.15, 0.2) is 0 Å². The van der Waals surface area contributed by atoms with E-state index in [1.165, 1.54) is 17.0 Å². The number of carbonyl (C=O) groups is 2. The average Bonchev–Trinajstić information content (AvgIpc) is 2.94. The highest BCUT2D eigenvalue weighted by Gasteiger charge is 2.29. The maximum atomic E-state index is 13.1. The van der Waals surface area contributed by atoms with E-state index < -0.39 is 12.0 Å². The van der Waals surface area contributed by atoms with Crippen molar-refractivity contribution in [2.75, 3.05) is 20.6 Å². The third kappa shape index (κ3) is 3.77. The molecule has 0 aliphatic carbocycles. The lowest BCUT2D eigenvalue weighted by molar-refractivity contribution is -0.135. The number of amides is 2. The first-order valence-corrected chi connectivity index (χ1v) is 6.44. The van der Waals surface area contributed by atoms with Crippen LogP contribution in [0, 0.1) is 5.82 Å². The van der Waals surface area contributed by atoms with E-state index >= 15 is 0 Å². The summed E-state index contributed by atoms with van der Waals surface area (Å²) in [5.74, 6) is -1.01. The number of rotatable bonds is 4. The first kappa shape index (κ1) is 15.0. The number of nitrogens with one attached hydrogen (secondary N) is 1. The van der Waals surface area contributed by atoms with Crippen molar-refractivity contribution < 1.29 is 18.8 Å². The number of benzene rings is 1. The van der Waals surface area contributed by atoms with Gasteiger partial charge in [-0.1, -0.05) is 17.3 Å². The Bertz CT molecular complexity index is 587. The molecular formula is C14H16FN3O3. The molecule has 0 bridgehead atoms. The fraction of sp³-hybridized carbons (Fsp3) is 0.357. The summed E-state index contributed by atoms with van der Waals surface area (Å²) in [5, 5.41) is 6.29. The van der Waals surface area contributed by atoms with E-state index in [9.17, 15) is 14.0 Å². The summed E-state index contributed by atoms with van der Waals surface area (Å²) < 4.78 is 13.1. The highest BCUT2D eigenvalue weighted by molar-refractivity contribution is 6.04. The summed E-state index contributed by atoms with van der Waals surface area (Å²) in [6, 6.07) is 5.92. The molecular weight excluding hydrogens is 277 g/mol. The van der Waals surface area contributed by atoms with E-state index in [2.05, 4.69) is 10.5 Å². The molecule has 0 radical (unpaired) electrons. The largest absolute Gasteiger partial charge is 0.382 e. The lowest BCUT2D eigenvalue weighted by Gasteiger charge is -2.12. The fourth-order valence-corrected chi connectivity index (χ4v) is 1.79. The molecule has 2 amide bonds. The van der Waals surface area contributed by atoms with Gasteiger partial charge < -0.3 is 15.1 Å². The number of halogens is 1. The minimum atomic E-state index is -0.793. The molecule has 0 fully saturated rings. The molecule has 1 aromatic carbocycles. The van der Waals surface area contributed by atoms with Crippen LogP contribution in [0.25, 0.3) is 0 Å². The number of hydrogen-bond acceptors (Lipinski definition) is 4. The van der Waals surface area contributed by atoms with Crippen molar-refractivity contribution >= 4 is 17.5 Å². The van der Waals surface area contributed by atoms with Crippen molar-refractivity contribution in [3.05, 3.63) is 35.6 Å². The van der Waals surface area contributed by atoms with Crippen molar-refractivity contribution in [3.8, 4) is 0 Å². The number of likely N-dealkylation sites (N-methyl/N-ethyl adjacent to an activating group) is 1. The Morgan fingerprint density at radius 3 is 2.90 bits per heavy atom. The van der Waals surface area contributed by atoms with Gasteiger partial charge in [0.1, 0.15) is 5.82 Å². The molecule has 0 aromatic heterocycles. The van der Waals surface area contributed by atoms with Gasteiger partial charge in [-0.2, -0.15) is 0 Å². The highest BCUT2D eigenvalue weighted by atomic mass is 19.1. The van der Waals surface area contributed by atoms with Crippen LogP contribution < -0.4 is 5.32 Å². The van der Waals surface area contributed by atoms with Crippen molar-refractivity contribution in [1.29, 1.82) is 0 Å². The minimum absolute atomic E-state index is 0.0962. The van der Waals surface area contributed by atoms with E-state index in [4.69, 9.17) is 4.84 Å². The molecule has 1 N–H and O–H groups in total. The van der Waals surface area contributed by atoms with Gasteiger partial charge in [0, 0.05) is 26.1 Å². The van der Waals surface area contributed by atoms with E-state index in [0.29, 0.717) is 11.3 Å². The third-order valence-electron chi connectivity index (χ3n) is 3.03.